The summed E-state index contributed by atoms with van der Waals surface area (Å²) in [5.74, 6) is -0.411. The smallest absolute Gasteiger partial charge is 0.258 e. The van der Waals surface area contributed by atoms with Crippen LogP contribution < -0.4 is 10.6 Å². The van der Waals surface area contributed by atoms with E-state index in [1.54, 1.807) is 23.5 Å². The number of rotatable bonds is 3. The average molecular weight is 458 g/mol. The Labute approximate surface area is 186 Å². The van der Waals surface area contributed by atoms with E-state index >= 15 is 0 Å². The molecule has 2 N–H and O–H groups in total. The number of thiazole rings is 1. The molecule has 0 unspecified atom stereocenters. The van der Waals surface area contributed by atoms with Gasteiger partial charge in [-0.15, -0.1) is 11.3 Å². The van der Waals surface area contributed by atoms with Gasteiger partial charge in [0.15, 0.2) is 5.11 Å². The summed E-state index contributed by atoms with van der Waals surface area (Å²) in [6.45, 7) is 0. The summed E-state index contributed by atoms with van der Waals surface area (Å²) in [4.78, 5) is 17.1. The van der Waals surface area contributed by atoms with Gasteiger partial charge in [0.1, 0.15) is 5.01 Å². The quantitative estimate of drug-likeness (QED) is 0.349. The summed E-state index contributed by atoms with van der Waals surface area (Å²) < 4.78 is 1.13. The van der Waals surface area contributed by atoms with Crippen molar-refractivity contribution in [2.45, 2.75) is 0 Å². The highest BCUT2D eigenvalue weighted by molar-refractivity contribution is 7.80. The lowest BCUT2D eigenvalue weighted by Crippen LogP contribution is -2.34. The van der Waals surface area contributed by atoms with E-state index in [2.05, 4.69) is 15.6 Å². The minimum Gasteiger partial charge on any atom is -0.332 e. The second-order valence-electron chi connectivity index (χ2n) is 6.10. The number of hydrogen-bond acceptors (Lipinski definition) is 4. The van der Waals surface area contributed by atoms with Gasteiger partial charge in [0, 0.05) is 16.3 Å². The number of aromatic nitrogens is 1. The number of nitrogens with one attached hydrogen (secondary N) is 2. The zero-order valence-electron chi connectivity index (χ0n) is 14.8. The number of benzene rings is 3. The van der Waals surface area contributed by atoms with E-state index in [1.807, 2.05) is 48.5 Å². The lowest BCUT2D eigenvalue weighted by Gasteiger charge is -2.11. The molecule has 8 heteroatoms. The summed E-state index contributed by atoms with van der Waals surface area (Å²) in [5.41, 5.74) is 2.97. The Hall–Kier alpha value is -2.51. The number of carbonyl (C=O) groups is 1. The fraction of sp³-hybridized carbons (Fsp3) is 0. The van der Waals surface area contributed by atoms with Crippen LogP contribution in [0, 0.1) is 0 Å². The number of fused-ring (bicyclic) bond motifs is 1. The average Bonchev–Trinajstić information content (AvgIpc) is 3.12. The Morgan fingerprint density at radius 3 is 2.62 bits per heavy atom. The van der Waals surface area contributed by atoms with E-state index in [0.29, 0.717) is 10.6 Å². The number of nitrogens with zero attached hydrogens (tertiary/aromatic N) is 1. The molecule has 0 aliphatic rings. The first-order chi connectivity index (χ1) is 14.0. The molecule has 29 heavy (non-hydrogen) atoms. The van der Waals surface area contributed by atoms with E-state index in [9.17, 15) is 4.79 Å². The number of anilines is 1. The fourth-order valence-electron chi connectivity index (χ4n) is 2.73. The van der Waals surface area contributed by atoms with E-state index in [4.69, 9.17) is 35.4 Å². The Morgan fingerprint density at radius 2 is 1.83 bits per heavy atom. The molecule has 4 rings (SSSR count). The third-order valence-corrected chi connectivity index (χ3v) is 5.90. The van der Waals surface area contributed by atoms with Crippen LogP contribution in [-0.2, 0) is 0 Å². The standard InChI is InChI=1S/C21H13Cl2N3OS2/c22-13-8-9-15(16(23)11-13)19(27)26-21(28)24-14-5-3-4-12(10-14)20-25-17-6-1-2-7-18(17)29-20/h1-11H,(H2,24,26,27,28). The van der Waals surface area contributed by atoms with E-state index in [1.165, 1.54) is 6.07 Å². The molecule has 0 bridgehead atoms. The Balaban J connectivity index is 1.48. The zero-order chi connectivity index (χ0) is 20.4. The van der Waals surface area contributed by atoms with Crippen molar-refractivity contribution in [3.05, 3.63) is 82.3 Å². The number of halogens is 2. The minimum atomic E-state index is -0.411. The molecule has 144 valence electrons. The van der Waals surface area contributed by atoms with Gasteiger partial charge >= 0.3 is 0 Å². The van der Waals surface area contributed by atoms with Crippen LogP contribution in [0.5, 0.6) is 0 Å². The van der Waals surface area contributed by atoms with Crippen LogP contribution in [0.3, 0.4) is 0 Å². The van der Waals surface area contributed by atoms with Crippen LogP contribution in [-0.4, -0.2) is 16.0 Å². The molecule has 1 amide bonds. The predicted molar refractivity (Wildman–Crippen MR) is 125 cm³/mol. The second-order valence-corrected chi connectivity index (χ2v) is 8.38. The number of para-hydroxylation sites is 1. The topological polar surface area (TPSA) is 54.0 Å². The normalized spacial score (nSPS) is 10.7. The van der Waals surface area contributed by atoms with Gasteiger partial charge in [-0.25, -0.2) is 4.98 Å². The van der Waals surface area contributed by atoms with Gasteiger partial charge in [0.25, 0.3) is 5.91 Å². The summed E-state index contributed by atoms with van der Waals surface area (Å²) >= 11 is 18.8. The third kappa shape index (κ3) is 4.57. The number of hydrogen-bond donors (Lipinski definition) is 2. The summed E-state index contributed by atoms with van der Waals surface area (Å²) in [7, 11) is 0. The summed E-state index contributed by atoms with van der Waals surface area (Å²) in [6, 6.07) is 20.4. The van der Waals surface area contributed by atoms with Gasteiger partial charge in [-0.05, 0) is 54.7 Å². The highest BCUT2D eigenvalue weighted by atomic mass is 35.5. The van der Waals surface area contributed by atoms with Crippen molar-refractivity contribution in [3.63, 3.8) is 0 Å². The van der Waals surface area contributed by atoms with Crippen molar-refractivity contribution in [1.29, 1.82) is 0 Å². The number of carbonyl (C=O) groups excluding carboxylic acids is 1. The molecular formula is C21H13Cl2N3OS2. The van der Waals surface area contributed by atoms with Crippen LogP contribution >= 0.6 is 46.8 Å². The Morgan fingerprint density at radius 1 is 1.00 bits per heavy atom. The van der Waals surface area contributed by atoms with Crippen molar-refractivity contribution in [1.82, 2.24) is 10.3 Å². The minimum absolute atomic E-state index is 0.169. The van der Waals surface area contributed by atoms with Crippen LogP contribution in [0.25, 0.3) is 20.8 Å². The maximum atomic E-state index is 12.4. The van der Waals surface area contributed by atoms with Gasteiger partial charge in [-0.1, -0.05) is 47.5 Å². The molecule has 0 radical (unpaired) electrons. The molecule has 0 atom stereocenters. The molecule has 4 aromatic rings. The fourth-order valence-corrected chi connectivity index (χ4v) is 4.40. The van der Waals surface area contributed by atoms with Crippen molar-refractivity contribution >= 4 is 73.7 Å². The second kappa shape index (κ2) is 8.47. The third-order valence-electron chi connectivity index (χ3n) is 4.06. The maximum absolute atomic E-state index is 12.4. The Kier molecular flexibility index (Phi) is 5.78. The molecule has 0 fully saturated rings. The molecule has 1 aromatic heterocycles. The zero-order valence-corrected chi connectivity index (χ0v) is 17.9. The lowest BCUT2D eigenvalue weighted by molar-refractivity contribution is 0.0978. The van der Waals surface area contributed by atoms with Crippen LogP contribution in [0.2, 0.25) is 10.0 Å². The van der Waals surface area contributed by atoms with Crippen molar-refractivity contribution < 1.29 is 4.79 Å². The Bertz CT molecular complexity index is 1210. The molecule has 1 heterocycles. The maximum Gasteiger partial charge on any atom is 0.258 e. The van der Waals surface area contributed by atoms with E-state index in [-0.39, 0.29) is 10.1 Å². The molecule has 0 saturated carbocycles. The highest BCUT2D eigenvalue weighted by Gasteiger charge is 2.13. The molecular weight excluding hydrogens is 445 g/mol. The van der Waals surface area contributed by atoms with Gasteiger partial charge in [-0.3, -0.25) is 10.1 Å². The molecule has 3 aromatic carbocycles. The summed E-state index contributed by atoms with van der Waals surface area (Å²) in [5, 5.41) is 7.45. The van der Waals surface area contributed by atoms with Gasteiger partial charge in [-0.2, -0.15) is 0 Å². The van der Waals surface area contributed by atoms with Crippen LogP contribution in [0.4, 0.5) is 5.69 Å². The van der Waals surface area contributed by atoms with Gasteiger partial charge < -0.3 is 5.32 Å². The van der Waals surface area contributed by atoms with Crippen molar-refractivity contribution in [2.24, 2.45) is 0 Å². The largest absolute Gasteiger partial charge is 0.332 e. The molecule has 4 nitrogen and oxygen atoms in total. The molecule has 0 spiro atoms. The van der Waals surface area contributed by atoms with Gasteiger partial charge in [0.05, 0.1) is 20.8 Å². The molecule has 0 saturated heterocycles. The predicted octanol–water partition coefficient (Wildman–Crippen LogP) is 6.40. The van der Waals surface area contributed by atoms with Crippen molar-refractivity contribution in [2.75, 3.05) is 5.32 Å². The molecule has 0 aliphatic heterocycles. The van der Waals surface area contributed by atoms with Gasteiger partial charge in [0.2, 0.25) is 0 Å². The monoisotopic (exact) mass is 457 g/mol. The summed E-state index contributed by atoms with van der Waals surface area (Å²) in [6.07, 6.45) is 0. The number of thiocarbonyl (C=S) groups is 1. The lowest BCUT2D eigenvalue weighted by atomic mass is 10.2. The first-order valence-electron chi connectivity index (χ1n) is 8.53. The first-order valence-corrected chi connectivity index (χ1v) is 10.5. The SMILES string of the molecule is O=C(NC(=S)Nc1cccc(-c2nc3ccccc3s2)c1)c1ccc(Cl)cc1Cl. The first kappa shape index (κ1) is 19.8. The van der Waals surface area contributed by atoms with Crippen molar-refractivity contribution in [3.8, 4) is 10.6 Å². The molecule has 0 aliphatic carbocycles. The van der Waals surface area contributed by atoms with E-state index in [0.717, 1.165) is 26.5 Å². The number of amides is 1. The van der Waals surface area contributed by atoms with Crippen LogP contribution in [0.15, 0.2) is 66.7 Å². The highest BCUT2D eigenvalue weighted by Crippen LogP contribution is 2.31. The van der Waals surface area contributed by atoms with Crippen LogP contribution in [0.1, 0.15) is 10.4 Å². The van der Waals surface area contributed by atoms with E-state index < -0.39 is 5.91 Å².